The molecule has 2 aliphatic heterocycles. The van der Waals surface area contributed by atoms with Crippen LogP contribution in [0.4, 0.5) is 5.69 Å². The number of thiocarbonyl (C=S) groups is 1. The van der Waals surface area contributed by atoms with Crippen molar-refractivity contribution in [2.45, 2.75) is 13.0 Å². The van der Waals surface area contributed by atoms with Gasteiger partial charge in [-0.05, 0) is 13.0 Å². The minimum atomic E-state index is -1.15. The van der Waals surface area contributed by atoms with Gasteiger partial charge in [0.2, 0.25) is 0 Å². The van der Waals surface area contributed by atoms with Crippen LogP contribution in [0.25, 0.3) is 5.57 Å². The fraction of sp³-hybridized carbons (Fsp3) is 0.200. The molecule has 23 heavy (non-hydrogen) atoms. The molecule has 1 N–H and O–H groups in total. The third kappa shape index (κ3) is 2.25. The number of carbonyl (C=O) groups excluding carboxylic acids is 2. The summed E-state index contributed by atoms with van der Waals surface area (Å²) in [5.74, 6) is -1.99. The van der Waals surface area contributed by atoms with Gasteiger partial charge in [0.05, 0.1) is 16.2 Å². The van der Waals surface area contributed by atoms with Gasteiger partial charge in [-0.25, -0.2) is 4.79 Å². The summed E-state index contributed by atoms with van der Waals surface area (Å²) in [6, 6.07) is 6.07. The number of likely N-dealkylation sites (N-methyl/N-ethyl adjacent to an activating group) is 1. The summed E-state index contributed by atoms with van der Waals surface area (Å²) in [6.07, 6.45) is 0. The Morgan fingerprint density at radius 1 is 1.26 bits per heavy atom. The monoisotopic (exact) mass is 348 g/mol. The lowest BCUT2D eigenvalue weighted by molar-refractivity contribution is -0.144. The number of carbonyl (C=O) groups is 3. The highest BCUT2D eigenvalue weighted by atomic mass is 32.2. The number of carboxylic acids is 1. The van der Waals surface area contributed by atoms with E-state index in [4.69, 9.17) is 17.3 Å². The summed E-state index contributed by atoms with van der Waals surface area (Å²) in [5, 5.41) is 9.13. The first-order chi connectivity index (χ1) is 10.8. The molecule has 1 aromatic rings. The first kappa shape index (κ1) is 15.7. The van der Waals surface area contributed by atoms with Crippen LogP contribution in [0.2, 0.25) is 0 Å². The quantitative estimate of drug-likeness (QED) is 0.648. The van der Waals surface area contributed by atoms with Crippen molar-refractivity contribution in [1.29, 1.82) is 0 Å². The van der Waals surface area contributed by atoms with Crippen LogP contribution in [0.1, 0.15) is 12.5 Å². The molecule has 6 nitrogen and oxygen atoms in total. The van der Waals surface area contributed by atoms with Crippen molar-refractivity contribution >= 4 is 57.3 Å². The molecule has 0 saturated carbocycles. The van der Waals surface area contributed by atoms with Gasteiger partial charge >= 0.3 is 5.97 Å². The average Bonchev–Trinajstić information content (AvgIpc) is 2.94. The Balaban J connectivity index is 2.14. The molecular weight excluding hydrogens is 336 g/mol. The highest BCUT2D eigenvalue weighted by Crippen LogP contribution is 2.44. The third-order valence-corrected chi connectivity index (χ3v) is 5.22. The van der Waals surface area contributed by atoms with E-state index in [-0.39, 0.29) is 20.7 Å². The van der Waals surface area contributed by atoms with Gasteiger partial charge in [0.15, 0.2) is 0 Å². The second-order valence-electron chi connectivity index (χ2n) is 5.14. The molecule has 1 fully saturated rings. The van der Waals surface area contributed by atoms with Crippen LogP contribution in [-0.2, 0) is 14.4 Å². The second-order valence-corrected chi connectivity index (χ2v) is 6.79. The van der Waals surface area contributed by atoms with E-state index in [1.165, 1.54) is 11.8 Å². The number of amides is 2. The van der Waals surface area contributed by atoms with E-state index in [0.29, 0.717) is 11.3 Å². The molecule has 2 aliphatic rings. The number of rotatable bonds is 2. The smallest absolute Gasteiger partial charge is 0.326 e. The normalized spacial score (nSPS) is 21.9. The SMILES string of the molecule is C[C@H](C(=O)O)N1C(=O)/C(=C2\C(=O)N(C)c3ccccc32)SC1=S. The van der Waals surface area contributed by atoms with E-state index >= 15 is 0 Å². The highest BCUT2D eigenvalue weighted by Gasteiger charge is 2.43. The molecule has 0 bridgehead atoms. The zero-order valence-electron chi connectivity index (χ0n) is 12.3. The van der Waals surface area contributed by atoms with Crippen LogP contribution in [0.5, 0.6) is 0 Å². The Kier molecular flexibility index (Phi) is 3.73. The standard InChI is InChI=1S/C15H12N2O4S2/c1-7(14(20)21)17-13(19)11(23-15(17)22)10-8-5-3-4-6-9(8)16(2)12(10)18/h3-7H,1-2H3,(H,20,21)/b11-10+/t7-/m1/s1. The summed E-state index contributed by atoms with van der Waals surface area (Å²) in [7, 11) is 1.63. The third-order valence-electron chi connectivity index (χ3n) is 3.82. The van der Waals surface area contributed by atoms with Gasteiger partial charge in [-0.2, -0.15) is 0 Å². The van der Waals surface area contributed by atoms with E-state index in [0.717, 1.165) is 16.7 Å². The summed E-state index contributed by atoms with van der Waals surface area (Å²) in [5.41, 5.74) is 1.65. The van der Waals surface area contributed by atoms with Crippen LogP contribution in [-0.4, -0.2) is 45.2 Å². The van der Waals surface area contributed by atoms with Crippen molar-refractivity contribution in [3.05, 3.63) is 34.7 Å². The van der Waals surface area contributed by atoms with Crippen molar-refractivity contribution in [3.8, 4) is 0 Å². The molecule has 2 heterocycles. The first-order valence-corrected chi connectivity index (χ1v) is 7.97. The average molecular weight is 348 g/mol. The van der Waals surface area contributed by atoms with E-state index < -0.39 is 17.9 Å². The predicted molar refractivity (Wildman–Crippen MR) is 90.9 cm³/mol. The van der Waals surface area contributed by atoms with Crippen LogP contribution in [0, 0.1) is 0 Å². The molecule has 8 heteroatoms. The van der Waals surface area contributed by atoms with Crippen LogP contribution < -0.4 is 4.90 Å². The van der Waals surface area contributed by atoms with E-state index in [1.807, 2.05) is 6.07 Å². The van der Waals surface area contributed by atoms with Gasteiger partial charge < -0.3 is 10.0 Å². The maximum absolute atomic E-state index is 12.6. The zero-order valence-corrected chi connectivity index (χ0v) is 13.9. The maximum atomic E-state index is 12.6. The second kappa shape index (κ2) is 5.47. The lowest BCUT2D eigenvalue weighted by Crippen LogP contribution is -2.41. The fourth-order valence-electron chi connectivity index (χ4n) is 2.56. The van der Waals surface area contributed by atoms with Crippen molar-refractivity contribution in [3.63, 3.8) is 0 Å². The first-order valence-electron chi connectivity index (χ1n) is 6.74. The number of hydrogen-bond donors (Lipinski definition) is 1. The molecule has 0 radical (unpaired) electrons. The minimum Gasteiger partial charge on any atom is -0.480 e. The molecule has 1 saturated heterocycles. The summed E-state index contributed by atoms with van der Waals surface area (Å²) in [4.78, 5) is 39.0. The molecule has 3 rings (SSSR count). The van der Waals surface area contributed by atoms with E-state index in [1.54, 1.807) is 25.2 Å². The number of aliphatic carboxylic acids is 1. The van der Waals surface area contributed by atoms with Crippen molar-refractivity contribution in [1.82, 2.24) is 4.90 Å². The maximum Gasteiger partial charge on any atom is 0.326 e. The number of anilines is 1. The number of fused-ring (bicyclic) bond motifs is 1. The molecule has 2 amide bonds. The van der Waals surface area contributed by atoms with E-state index in [2.05, 4.69) is 0 Å². The van der Waals surface area contributed by atoms with Gasteiger partial charge in [-0.15, -0.1) is 0 Å². The van der Waals surface area contributed by atoms with Crippen LogP contribution in [0.3, 0.4) is 0 Å². The lowest BCUT2D eigenvalue weighted by Gasteiger charge is -2.18. The minimum absolute atomic E-state index is 0.146. The Hall–Kier alpha value is -2.19. The van der Waals surface area contributed by atoms with Gasteiger partial charge in [0, 0.05) is 12.6 Å². The molecule has 0 aromatic heterocycles. The summed E-state index contributed by atoms with van der Waals surface area (Å²) >= 11 is 6.11. The van der Waals surface area contributed by atoms with Gasteiger partial charge in [0.25, 0.3) is 11.8 Å². The molecule has 1 atom stereocenters. The Morgan fingerprint density at radius 3 is 2.57 bits per heavy atom. The predicted octanol–water partition coefficient (Wildman–Crippen LogP) is 1.71. The number of hydrogen-bond acceptors (Lipinski definition) is 5. The largest absolute Gasteiger partial charge is 0.480 e. The highest BCUT2D eigenvalue weighted by molar-refractivity contribution is 8.26. The van der Waals surface area contributed by atoms with Crippen LogP contribution in [0.15, 0.2) is 29.2 Å². The molecule has 1 aromatic carbocycles. The summed E-state index contributed by atoms with van der Waals surface area (Å²) in [6.45, 7) is 1.39. The fourth-order valence-corrected chi connectivity index (χ4v) is 4.05. The van der Waals surface area contributed by atoms with Gasteiger partial charge in [-0.1, -0.05) is 42.2 Å². The topological polar surface area (TPSA) is 77.9 Å². The molecule has 118 valence electrons. The Bertz CT molecular complexity index is 802. The number of para-hydroxylation sites is 1. The molecule has 0 spiro atoms. The summed E-state index contributed by atoms with van der Waals surface area (Å²) < 4.78 is 0.146. The van der Waals surface area contributed by atoms with Crippen molar-refractivity contribution in [2.24, 2.45) is 0 Å². The van der Waals surface area contributed by atoms with Crippen LogP contribution >= 0.6 is 24.0 Å². The number of thioether (sulfide) groups is 1. The molecular formula is C15H12N2O4S2. The number of nitrogens with zero attached hydrogens (tertiary/aromatic N) is 2. The van der Waals surface area contributed by atoms with Gasteiger partial charge in [0.1, 0.15) is 10.4 Å². The van der Waals surface area contributed by atoms with Gasteiger partial charge in [-0.3, -0.25) is 14.5 Å². The Morgan fingerprint density at radius 2 is 1.91 bits per heavy atom. The molecule has 0 aliphatic carbocycles. The Labute approximate surface area is 141 Å². The molecule has 0 unspecified atom stereocenters. The zero-order chi connectivity index (χ0) is 16.9. The van der Waals surface area contributed by atoms with E-state index in [9.17, 15) is 14.4 Å². The van der Waals surface area contributed by atoms with Crippen molar-refractivity contribution in [2.75, 3.05) is 11.9 Å². The lowest BCUT2D eigenvalue weighted by atomic mass is 10.1. The number of carboxylic acid groups (broad SMARTS) is 1. The number of benzene rings is 1. The van der Waals surface area contributed by atoms with Crippen molar-refractivity contribution < 1.29 is 19.5 Å².